The number of fused-ring (bicyclic) bond motifs is 1. The van der Waals surface area contributed by atoms with Crippen LogP contribution in [0.5, 0.6) is 0 Å². The number of aliphatic hydroxyl groups excluding tert-OH is 2. The van der Waals surface area contributed by atoms with Gasteiger partial charge in [-0.2, -0.15) is 0 Å². The third-order valence-corrected chi connectivity index (χ3v) is 6.12. The highest BCUT2D eigenvalue weighted by molar-refractivity contribution is 6.31. The Balaban J connectivity index is 1.34. The molecule has 2 aromatic heterocycles. The molecule has 11 heteroatoms. The topological polar surface area (TPSA) is 126 Å². The van der Waals surface area contributed by atoms with Crippen LogP contribution in [0.1, 0.15) is 11.8 Å². The Kier molecular flexibility index (Phi) is 6.89. The lowest BCUT2D eigenvalue weighted by atomic mass is 10.1. The van der Waals surface area contributed by atoms with E-state index < -0.39 is 24.5 Å². The van der Waals surface area contributed by atoms with Gasteiger partial charge in [-0.15, -0.1) is 0 Å². The largest absolute Gasteiger partial charge is 0.387 e. The van der Waals surface area contributed by atoms with E-state index in [2.05, 4.69) is 24.8 Å². The molecule has 0 unspecified atom stereocenters. The molecule has 1 saturated heterocycles. The van der Waals surface area contributed by atoms with Gasteiger partial charge in [0.2, 0.25) is 0 Å². The van der Waals surface area contributed by atoms with E-state index in [4.69, 9.17) is 22.1 Å². The predicted molar refractivity (Wildman–Crippen MR) is 121 cm³/mol. The van der Waals surface area contributed by atoms with Crippen LogP contribution in [0.25, 0.3) is 11.2 Å². The van der Waals surface area contributed by atoms with Crippen LogP contribution in [-0.2, 0) is 11.3 Å². The summed E-state index contributed by atoms with van der Waals surface area (Å²) < 4.78 is 7.60. The second-order valence-corrected chi connectivity index (χ2v) is 8.63. The smallest absolute Gasteiger partial charge is 0.167 e. The number of nitrogens with zero attached hydrogens (tertiary/aromatic N) is 6. The number of rotatable bonds is 8. The molecule has 0 amide bonds. The Bertz CT molecular complexity index is 1060. The molecule has 4 N–H and O–H groups in total. The van der Waals surface area contributed by atoms with Gasteiger partial charge in [0.05, 0.1) is 6.33 Å². The normalized spacial score (nSPS) is 23.6. The zero-order valence-electron chi connectivity index (χ0n) is 18.0. The van der Waals surface area contributed by atoms with Gasteiger partial charge in [-0.1, -0.05) is 29.8 Å². The van der Waals surface area contributed by atoms with Crippen molar-refractivity contribution in [3.8, 4) is 0 Å². The summed E-state index contributed by atoms with van der Waals surface area (Å²) in [5, 5.41) is 22.0. The third kappa shape index (κ3) is 4.70. The number of likely N-dealkylation sites (N-methyl/N-ethyl adjacent to an activating group) is 2. The van der Waals surface area contributed by atoms with Crippen LogP contribution in [0.2, 0.25) is 5.02 Å². The summed E-state index contributed by atoms with van der Waals surface area (Å²) in [6, 6.07) is 7.81. The average Bonchev–Trinajstić information content (AvgIpc) is 3.31. The molecule has 1 aliphatic rings. The molecule has 0 aliphatic carbocycles. The Hall–Kier alpha value is -2.34. The summed E-state index contributed by atoms with van der Waals surface area (Å²) in [6.45, 7) is 2.76. The minimum absolute atomic E-state index is 0.249. The highest BCUT2D eigenvalue weighted by Crippen LogP contribution is 2.32. The van der Waals surface area contributed by atoms with E-state index in [-0.39, 0.29) is 5.82 Å². The Morgan fingerprint density at radius 2 is 1.84 bits per heavy atom. The van der Waals surface area contributed by atoms with Crippen molar-refractivity contribution in [2.75, 3.05) is 39.5 Å². The van der Waals surface area contributed by atoms with Gasteiger partial charge in [0, 0.05) is 31.2 Å². The van der Waals surface area contributed by atoms with Gasteiger partial charge in [0.15, 0.2) is 17.7 Å². The first-order valence-corrected chi connectivity index (χ1v) is 10.8. The lowest BCUT2D eigenvalue weighted by Crippen LogP contribution is -2.40. The summed E-state index contributed by atoms with van der Waals surface area (Å²) in [7, 11) is 4.00. The number of hydrogen-bond acceptors (Lipinski definition) is 9. The molecule has 0 spiro atoms. The molecule has 32 heavy (non-hydrogen) atoms. The average molecular weight is 462 g/mol. The molecule has 1 fully saturated rings. The van der Waals surface area contributed by atoms with E-state index in [9.17, 15) is 10.2 Å². The van der Waals surface area contributed by atoms with Gasteiger partial charge in [0.25, 0.3) is 0 Å². The maximum absolute atomic E-state index is 10.6. The molecule has 3 heterocycles. The molecular weight excluding hydrogens is 434 g/mol. The van der Waals surface area contributed by atoms with Crippen molar-refractivity contribution in [3.63, 3.8) is 0 Å². The Labute approximate surface area is 191 Å². The van der Waals surface area contributed by atoms with Crippen LogP contribution in [0, 0.1) is 0 Å². The van der Waals surface area contributed by atoms with Crippen molar-refractivity contribution in [2.45, 2.75) is 31.1 Å². The number of aromatic nitrogens is 4. The van der Waals surface area contributed by atoms with Crippen molar-refractivity contribution >= 4 is 28.6 Å². The van der Waals surface area contributed by atoms with Crippen LogP contribution in [-0.4, -0.2) is 91.6 Å². The number of nitrogen functional groups attached to an aromatic ring is 1. The number of aliphatic hydroxyl groups is 2. The molecule has 10 nitrogen and oxygen atoms in total. The standard InChI is InChI=1S/C21H28ClN7O3/c1-27(9-13-5-3-4-6-14(13)22)7-8-28(2)10-15-17(30)18(31)21(32-15)29-12-26-16-19(23)24-11-25-20(16)29/h3-6,11-12,15,17-18,21,30-31H,7-10H2,1-2H3,(H2,23,24,25)/t15-,17-,18-,21-/m1/s1. The van der Waals surface area contributed by atoms with Gasteiger partial charge in [0.1, 0.15) is 30.2 Å². The van der Waals surface area contributed by atoms with Crippen molar-refractivity contribution < 1.29 is 14.9 Å². The lowest BCUT2D eigenvalue weighted by Gasteiger charge is -2.25. The molecule has 3 aromatic rings. The summed E-state index contributed by atoms with van der Waals surface area (Å²) in [4.78, 5) is 16.6. The zero-order chi connectivity index (χ0) is 22.8. The summed E-state index contributed by atoms with van der Waals surface area (Å²) in [5.74, 6) is 0.249. The minimum atomic E-state index is -1.12. The lowest BCUT2D eigenvalue weighted by molar-refractivity contribution is -0.0424. The third-order valence-electron chi connectivity index (χ3n) is 5.75. The number of nitrogens with two attached hydrogens (primary N) is 1. The molecule has 1 aromatic carbocycles. The summed E-state index contributed by atoms with van der Waals surface area (Å²) >= 11 is 6.25. The number of benzene rings is 1. The van der Waals surface area contributed by atoms with Crippen molar-refractivity contribution in [2.24, 2.45) is 0 Å². The fourth-order valence-corrected chi connectivity index (χ4v) is 4.10. The van der Waals surface area contributed by atoms with Crippen LogP contribution < -0.4 is 5.73 Å². The van der Waals surface area contributed by atoms with E-state index in [0.717, 1.165) is 30.2 Å². The van der Waals surface area contributed by atoms with Crippen LogP contribution in [0.3, 0.4) is 0 Å². The predicted octanol–water partition coefficient (Wildman–Crippen LogP) is 0.745. The first-order chi connectivity index (χ1) is 15.3. The molecule has 4 rings (SSSR count). The number of hydrogen-bond donors (Lipinski definition) is 3. The van der Waals surface area contributed by atoms with Crippen molar-refractivity contribution in [1.82, 2.24) is 29.3 Å². The Morgan fingerprint density at radius 1 is 1.09 bits per heavy atom. The van der Waals surface area contributed by atoms with Gasteiger partial charge in [-0.05, 0) is 25.7 Å². The summed E-state index contributed by atoms with van der Waals surface area (Å²) in [5.41, 5.74) is 7.80. The number of imidazole rings is 1. The van der Waals surface area contributed by atoms with Gasteiger partial charge < -0.3 is 30.5 Å². The van der Waals surface area contributed by atoms with E-state index in [0.29, 0.717) is 17.7 Å². The fourth-order valence-electron chi connectivity index (χ4n) is 3.90. The van der Waals surface area contributed by atoms with Crippen molar-refractivity contribution in [1.29, 1.82) is 0 Å². The quantitative estimate of drug-likeness (QED) is 0.445. The maximum Gasteiger partial charge on any atom is 0.167 e. The molecular formula is C21H28ClN7O3. The number of ether oxygens (including phenoxy) is 1. The van der Waals surface area contributed by atoms with Crippen LogP contribution in [0.4, 0.5) is 5.82 Å². The van der Waals surface area contributed by atoms with Crippen molar-refractivity contribution in [3.05, 3.63) is 47.5 Å². The first-order valence-electron chi connectivity index (χ1n) is 10.4. The summed E-state index contributed by atoms with van der Waals surface area (Å²) in [6.07, 6.45) is -0.717. The van der Waals surface area contributed by atoms with E-state index in [1.807, 2.05) is 38.4 Å². The minimum Gasteiger partial charge on any atom is -0.387 e. The highest BCUT2D eigenvalue weighted by atomic mass is 35.5. The highest BCUT2D eigenvalue weighted by Gasteiger charge is 2.44. The van der Waals surface area contributed by atoms with Gasteiger partial charge in [-0.3, -0.25) is 4.57 Å². The first kappa shape index (κ1) is 22.8. The van der Waals surface area contributed by atoms with Crippen LogP contribution >= 0.6 is 11.6 Å². The zero-order valence-corrected chi connectivity index (χ0v) is 18.8. The number of anilines is 1. The molecule has 0 saturated carbocycles. The second kappa shape index (κ2) is 9.65. The van der Waals surface area contributed by atoms with Gasteiger partial charge >= 0.3 is 0 Å². The Morgan fingerprint density at radius 3 is 2.62 bits per heavy atom. The van der Waals surface area contributed by atoms with E-state index >= 15 is 0 Å². The van der Waals surface area contributed by atoms with Gasteiger partial charge in [-0.25, -0.2) is 15.0 Å². The SMILES string of the molecule is CN(CCN(C)C[C@H]1O[C@@H](n2cnc3c(N)ncnc32)[C@H](O)[C@@H]1O)Cc1ccccc1Cl. The molecule has 0 bridgehead atoms. The molecule has 1 aliphatic heterocycles. The van der Waals surface area contributed by atoms with Crippen LogP contribution in [0.15, 0.2) is 36.9 Å². The van der Waals surface area contributed by atoms with E-state index in [1.165, 1.54) is 12.7 Å². The second-order valence-electron chi connectivity index (χ2n) is 8.22. The molecule has 172 valence electrons. The maximum atomic E-state index is 10.6. The monoisotopic (exact) mass is 461 g/mol. The van der Waals surface area contributed by atoms with E-state index in [1.54, 1.807) is 4.57 Å². The molecule has 0 radical (unpaired) electrons. The fraction of sp³-hybridized carbons (Fsp3) is 0.476. The number of halogens is 1. The molecule has 4 atom stereocenters.